The van der Waals surface area contributed by atoms with Crippen molar-refractivity contribution in [2.24, 2.45) is 0 Å². The molecular formula is C14H14ClNO3. The maximum Gasteiger partial charge on any atom is 0.276 e. The number of halogens is 1. The van der Waals surface area contributed by atoms with Gasteiger partial charge in [0, 0.05) is 17.1 Å². The maximum absolute atomic E-state index is 12.3. The fraction of sp³-hybridized carbons (Fsp3) is 0.357. The van der Waals surface area contributed by atoms with Crippen molar-refractivity contribution in [1.29, 1.82) is 0 Å². The first-order valence-corrected chi connectivity index (χ1v) is 6.69. The van der Waals surface area contributed by atoms with Gasteiger partial charge >= 0.3 is 0 Å². The fourth-order valence-corrected chi connectivity index (χ4v) is 2.37. The highest BCUT2D eigenvalue weighted by Gasteiger charge is 2.24. The van der Waals surface area contributed by atoms with E-state index in [9.17, 15) is 4.79 Å². The third-order valence-corrected chi connectivity index (χ3v) is 3.42. The van der Waals surface area contributed by atoms with E-state index in [0.717, 1.165) is 24.2 Å². The van der Waals surface area contributed by atoms with Crippen LogP contribution < -0.4 is 4.74 Å². The molecule has 0 aliphatic carbocycles. The van der Waals surface area contributed by atoms with Gasteiger partial charge in [-0.1, -0.05) is 11.6 Å². The summed E-state index contributed by atoms with van der Waals surface area (Å²) in [4.78, 5) is 17.6. The first kappa shape index (κ1) is 12.5. The average Bonchev–Trinajstić information content (AvgIpc) is 2.46. The van der Waals surface area contributed by atoms with Crippen LogP contribution in [0.15, 0.2) is 23.8 Å². The Hall–Kier alpha value is -1.52. The van der Waals surface area contributed by atoms with Crippen molar-refractivity contribution < 1.29 is 14.4 Å². The van der Waals surface area contributed by atoms with Gasteiger partial charge in [0.05, 0.1) is 12.2 Å². The molecular weight excluding hydrogens is 266 g/mol. The first-order chi connectivity index (χ1) is 9.24. The lowest BCUT2D eigenvalue weighted by molar-refractivity contribution is -0.193. The topological polar surface area (TPSA) is 38.8 Å². The Balaban J connectivity index is 1.83. The van der Waals surface area contributed by atoms with Crippen molar-refractivity contribution in [3.05, 3.63) is 34.4 Å². The molecule has 0 saturated carbocycles. The number of rotatable bonds is 1. The van der Waals surface area contributed by atoms with Gasteiger partial charge < -0.3 is 4.74 Å². The van der Waals surface area contributed by atoms with Crippen molar-refractivity contribution in [3.8, 4) is 5.75 Å². The molecule has 1 amide bonds. The molecule has 1 aromatic carbocycles. The Labute approximate surface area is 116 Å². The normalized spacial score (nSPS) is 18.4. The van der Waals surface area contributed by atoms with Crippen molar-refractivity contribution in [1.82, 2.24) is 5.06 Å². The van der Waals surface area contributed by atoms with E-state index < -0.39 is 0 Å². The number of amides is 1. The molecule has 19 heavy (non-hydrogen) atoms. The van der Waals surface area contributed by atoms with Crippen LogP contribution in [0.25, 0.3) is 6.08 Å². The lowest BCUT2D eigenvalue weighted by atomic mass is 10.1. The standard InChI is InChI=1S/C14H14ClNO3/c15-12-3-4-13-10(8-12)7-11(9-18-13)14(17)16-5-1-2-6-19-16/h3-4,7-8H,1-2,5-6,9H2. The average molecular weight is 280 g/mol. The summed E-state index contributed by atoms with van der Waals surface area (Å²) in [5, 5.41) is 2.05. The molecule has 4 nitrogen and oxygen atoms in total. The Morgan fingerprint density at radius 1 is 1.32 bits per heavy atom. The second-order valence-corrected chi connectivity index (χ2v) is 5.02. The van der Waals surface area contributed by atoms with E-state index >= 15 is 0 Å². The summed E-state index contributed by atoms with van der Waals surface area (Å²) in [7, 11) is 0. The van der Waals surface area contributed by atoms with Gasteiger partial charge in [0.25, 0.3) is 5.91 Å². The number of hydroxylamine groups is 2. The smallest absolute Gasteiger partial charge is 0.276 e. The Morgan fingerprint density at radius 2 is 2.21 bits per heavy atom. The number of fused-ring (bicyclic) bond motifs is 1. The zero-order valence-corrected chi connectivity index (χ0v) is 11.2. The largest absolute Gasteiger partial charge is 0.488 e. The van der Waals surface area contributed by atoms with Gasteiger partial charge in [-0.05, 0) is 37.1 Å². The van der Waals surface area contributed by atoms with Gasteiger partial charge in [-0.25, -0.2) is 5.06 Å². The third-order valence-electron chi connectivity index (χ3n) is 3.19. The third kappa shape index (κ3) is 2.60. The van der Waals surface area contributed by atoms with Crippen molar-refractivity contribution in [2.45, 2.75) is 12.8 Å². The summed E-state index contributed by atoms with van der Waals surface area (Å²) in [6.07, 6.45) is 3.80. The SMILES string of the molecule is O=C(C1=Cc2cc(Cl)ccc2OC1)N1CCCCO1. The molecule has 2 aliphatic rings. The summed E-state index contributed by atoms with van der Waals surface area (Å²) in [6, 6.07) is 5.38. The molecule has 1 saturated heterocycles. The van der Waals surface area contributed by atoms with Gasteiger partial charge in [-0.2, -0.15) is 0 Å². The van der Waals surface area contributed by atoms with E-state index in [-0.39, 0.29) is 12.5 Å². The number of nitrogens with zero attached hydrogens (tertiary/aromatic N) is 1. The highest BCUT2D eigenvalue weighted by Crippen LogP contribution is 2.29. The minimum atomic E-state index is -0.120. The number of ether oxygens (including phenoxy) is 1. The molecule has 0 atom stereocenters. The summed E-state index contributed by atoms with van der Waals surface area (Å²) in [6.45, 7) is 1.51. The predicted molar refractivity (Wildman–Crippen MR) is 71.8 cm³/mol. The molecule has 5 heteroatoms. The molecule has 2 aliphatic heterocycles. The van der Waals surface area contributed by atoms with E-state index in [4.69, 9.17) is 21.2 Å². The Morgan fingerprint density at radius 3 is 3.00 bits per heavy atom. The molecule has 1 fully saturated rings. The Bertz CT molecular complexity index is 535. The Kier molecular flexibility index (Phi) is 3.44. The summed E-state index contributed by atoms with van der Waals surface area (Å²) >= 11 is 5.95. The number of hydrogen-bond donors (Lipinski definition) is 0. The monoisotopic (exact) mass is 279 g/mol. The molecule has 0 radical (unpaired) electrons. The molecule has 3 rings (SSSR count). The van der Waals surface area contributed by atoms with Crippen LogP contribution in [0.2, 0.25) is 5.02 Å². The molecule has 0 aromatic heterocycles. The zero-order valence-electron chi connectivity index (χ0n) is 10.4. The number of carbonyl (C=O) groups excluding carboxylic acids is 1. The van der Waals surface area contributed by atoms with E-state index in [1.807, 2.05) is 12.1 Å². The second-order valence-electron chi connectivity index (χ2n) is 4.59. The van der Waals surface area contributed by atoms with Crippen molar-refractivity contribution in [2.75, 3.05) is 19.8 Å². The highest BCUT2D eigenvalue weighted by atomic mass is 35.5. The summed E-state index contributed by atoms with van der Waals surface area (Å²) < 4.78 is 5.57. The maximum atomic E-state index is 12.3. The lowest BCUT2D eigenvalue weighted by Crippen LogP contribution is -2.38. The van der Waals surface area contributed by atoms with Crippen LogP contribution in [0.5, 0.6) is 5.75 Å². The fourth-order valence-electron chi connectivity index (χ4n) is 2.19. The molecule has 2 heterocycles. The van der Waals surface area contributed by atoms with Crippen LogP contribution in [0.3, 0.4) is 0 Å². The highest BCUT2D eigenvalue weighted by molar-refractivity contribution is 6.30. The van der Waals surface area contributed by atoms with Crippen LogP contribution in [0.4, 0.5) is 0 Å². The van der Waals surface area contributed by atoms with Crippen LogP contribution in [0.1, 0.15) is 18.4 Å². The van der Waals surface area contributed by atoms with E-state index in [1.54, 1.807) is 12.1 Å². The number of hydrogen-bond acceptors (Lipinski definition) is 3. The van der Waals surface area contributed by atoms with Crippen molar-refractivity contribution in [3.63, 3.8) is 0 Å². The number of carbonyl (C=O) groups is 1. The number of benzene rings is 1. The van der Waals surface area contributed by atoms with Crippen molar-refractivity contribution >= 4 is 23.6 Å². The van der Waals surface area contributed by atoms with Crippen LogP contribution in [-0.4, -0.2) is 30.7 Å². The van der Waals surface area contributed by atoms with Crippen LogP contribution in [-0.2, 0) is 9.63 Å². The lowest BCUT2D eigenvalue weighted by Gasteiger charge is -2.28. The molecule has 0 unspecified atom stereocenters. The molecule has 1 aromatic rings. The van der Waals surface area contributed by atoms with Gasteiger partial charge in [0.1, 0.15) is 12.4 Å². The van der Waals surface area contributed by atoms with E-state index in [0.29, 0.717) is 23.7 Å². The second kappa shape index (κ2) is 5.23. The van der Waals surface area contributed by atoms with Crippen LogP contribution >= 0.6 is 11.6 Å². The minimum Gasteiger partial charge on any atom is -0.488 e. The summed E-state index contributed by atoms with van der Waals surface area (Å²) in [5.74, 6) is 0.630. The van der Waals surface area contributed by atoms with Gasteiger partial charge in [-0.15, -0.1) is 0 Å². The molecule has 0 spiro atoms. The minimum absolute atomic E-state index is 0.120. The predicted octanol–water partition coefficient (Wildman–Crippen LogP) is 2.67. The van der Waals surface area contributed by atoms with Crippen LogP contribution in [0, 0.1) is 0 Å². The first-order valence-electron chi connectivity index (χ1n) is 6.32. The molecule has 0 N–H and O–H groups in total. The van der Waals surface area contributed by atoms with Gasteiger partial charge in [0.2, 0.25) is 0 Å². The zero-order chi connectivity index (χ0) is 13.2. The quantitative estimate of drug-likeness (QED) is 0.793. The van der Waals surface area contributed by atoms with Gasteiger partial charge in [0.15, 0.2) is 0 Å². The summed E-state index contributed by atoms with van der Waals surface area (Å²) in [5.41, 5.74) is 1.43. The van der Waals surface area contributed by atoms with E-state index in [2.05, 4.69) is 0 Å². The molecule has 0 bridgehead atoms. The van der Waals surface area contributed by atoms with E-state index in [1.165, 1.54) is 5.06 Å². The van der Waals surface area contributed by atoms with Gasteiger partial charge in [-0.3, -0.25) is 9.63 Å². The molecule has 100 valence electrons.